The second kappa shape index (κ2) is 6.24. The van der Waals surface area contributed by atoms with Crippen molar-refractivity contribution in [1.29, 1.82) is 0 Å². The van der Waals surface area contributed by atoms with Gasteiger partial charge in [-0.05, 0) is 30.3 Å². The minimum atomic E-state index is -0.190. The number of nitrogens with zero attached hydrogens (tertiary/aromatic N) is 1. The molecule has 3 nitrogen and oxygen atoms in total. The Morgan fingerprint density at radius 2 is 1.81 bits per heavy atom. The van der Waals surface area contributed by atoms with Gasteiger partial charge in [-0.2, -0.15) is 0 Å². The first-order valence-corrected chi connectivity index (χ1v) is 7.54. The molecule has 106 valence electrons. The summed E-state index contributed by atoms with van der Waals surface area (Å²) in [5, 5.41) is 14.2. The van der Waals surface area contributed by atoms with E-state index in [1.165, 1.54) is 0 Å². The topological polar surface area (TPSA) is 45.1 Å². The first-order valence-electron chi connectivity index (χ1n) is 6.74. The standard InChI is InChI=1S/C17H15BrN2O/c18-13-6-8-14(9-7-13)20-16(11-21)15-5-1-3-12-4-2-10-19-17(12)15/h1-10,16,20-21H,11H2. The quantitative estimate of drug-likeness (QED) is 0.748. The summed E-state index contributed by atoms with van der Waals surface area (Å²) in [7, 11) is 0. The number of anilines is 1. The van der Waals surface area contributed by atoms with Gasteiger partial charge in [-0.25, -0.2) is 0 Å². The summed E-state index contributed by atoms with van der Waals surface area (Å²) in [6, 6.07) is 17.7. The van der Waals surface area contributed by atoms with E-state index < -0.39 is 0 Å². The van der Waals surface area contributed by atoms with Gasteiger partial charge in [0.15, 0.2) is 0 Å². The van der Waals surface area contributed by atoms with Crippen LogP contribution in [0, 0.1) is 0 Å². The van der Waals surface area contributed by atoms with Crippen molar-refractivity contribution in [3.05, 3.63) is 70.8 Å². The van der Waals surface area contributed by atoms with E-state index >= 15 is 0 Å². The molecule has 0 bridgehead atoms. The molecule has 21 heavy (non-hydrogen) atoms. The lowest BCUT2D eigenvalue weighted by Crippen LogP contribution is -2.15. The van der Waals surface area contributed by atoms with Crippen LogP contribution in [0.15, 0.2) is 65.3 Å². The molecule has 2 aromatic carbocycles. The molecule has 3 aromatic rings. The Morgan fingerprint density at radius 1 is 1.05 bits per heavy atom. The zero-order chi connectivity index (χ0) is 14.7. The Hall–Kier alpha value is -1.91. The summed E-state index contributed by atoms with van der Waals surface area (Å²) in [5.41, 5.74) is 2.88. The maximum absolute atomic E-state index is 9.76. The van der Waals surface area contributed by atoms with Crippen LogP contribution in [-0.2, 0) is 0 Å². The maximum Gasteiger partial charge on any atom is 0.0766 e. The fourth-order valence-electron chi connectivity index (χ4n) is 2.38. The zero-order valence-corrected chi connectivity index (χ0v) is 12.9. The monoisotopic (exact) mass is 342 g/mol. The van der Waals surface area contributed by atoms with Crippen molar-refractivity contribution >= 4 is 32.5 Å². The van der Waals surface area contributed by atoms with Crippen LogP contribution in [0.4, 0.5) is 5.69 Å². The van der Waals surface area contributed by atoms with Gasteiger partial charge in [-0.15, -0.1) is 0 Å². The van der Waals surface area contributed by atoms with Gasteiger partial charge >= 0.3 is 0 Å². The molecule has 4 heteroatoms. The normalized spacial score (nSPS) is 12.3. The maximum atomic E-state index is 9.76. The molecule has 0 aliphatic rings. The fraction of sp³-hybridized carbons (Fsp3) is 0.118. The number of rotatable bonds is 4. The summed E-state index contributed by atoms with van der Waals surface area (Å²) in [6.07, 6.45) is 1.78. The van der Waals surface area contributed by atoms with Gasteiger partial charge in [-0.1, -0.05) is 40.2 Å². The van der Waals surface area contributed by atoms with Crippen LogP contribution in [0.3, 0.4) is 0 Å². The molecule has 1 atom stereocenters. The third kappa shape index (κ3) is 3.06. The predicted octanol–water partition coefficient (Wildman–Crippen LogP) is 4.14. The highest BCUT2D eigenvalue weighted by molar-refractivity contribution is 9.10. The SMILES string of the molecule is OCC(Nc1ccc(Br)cc1)c1cccc2cccnc12. The predicted molar refractivity (Wildman–Crippen MR) is 89.3 cm³/mol. The first kappa shape index (κ1) is 14.0. The molecule has 0 radical (unpaired) electrons. The van der Waals surface area contributed by atoms with Gasteiger partial charge in [-0.3, -0.25) is 4.98 Å². The third-order valence-corrected chi connectivity index (χ3v) is 3.94. The summed E-state index contributed by atoms with van der Waals surface area (Å²) < 4.78 is 1.03. The molecule has 1 unspecified atom stereocenters. The van der Waals surface area contributed by atoms with Crippen molar-refractivity contribution in [1.82, 2.24) is 4.98 Å². The zero-order valence-electron chi connectivity index (χ0n) is 11.3. The van der Waals surface area contributed by atoms with E-state index in [1.807, 2.05) is 54.6 Å². The second-order valence-electron chi connectivity index (χ2n) is 4.81. The van der Waals surface area contributed by atoms with Crippen molar-refractivity contribution in [2.24, 2.45) is 0 Å². The molecule has 1 aromatic heterocycles. The van der Waals surface area contributed by atoms with E-state index in [4.69, 9.17) is 0 Å². The minimum Gasteiger partial charge on any atom is -0.394 e. The smallest absolute Gasteiger partial charge is 0.0766 e. The summed E-state index contributed by atoms with van der Waals surface area (Å²) in [4.78, 5) is 4.45. The Kier molecular flexibility index (Phi) is 4.18. The van der Waals surface area contributed by atoms with Crippen LogP contribution in [0.1, 0.15) is 11.6 Å². The van der Waals surface area contributed by atoms with Crippen molar-refractivity contribution in [3.63, 3.8) is 0 Å². The van der Waals surface area contributed by atoms with E-state index in [1.54, 1.807) is 6.20 Å². The summed E-state index contributed by atoms with van der Waals surface area (Å²) >= 11 is 3.42. The molecule has 0 aliphatic heterocycles. The summed E-state index contributed by atoms with van der Waals surface area (Å²) in [6.45, 7) is 0.00571. The van der Waals surface area contributed by atoms with Crippen LogP contribution in [0.25, 0.3) is 10.9 Å². The van der Waals surface area contributed by atoms with Crippen molar-refractivity contribution in [3.8, 4) is 0 Å². The minimum absolute atomic E-state index is 0.00571. The highest BCUT2D eigenvalue weighted by Crippen LogP contribution is 2.26. The highest BCUT2D eigenvalue weighted by Gasteiger charge is 2.14. The number of aliphatic hydroxyl groups excluding tert-OH is 1. The van der Waals surface area contributed by atoms with Crippen LogP contribution < -0.4 is 5.32 Å². The van der Waals surface area contributed by atoms with Crippen LogP contribution in [0.2, 0.25) is 0 Å². The van der Waals surface area contributed by atoms with Crippen molar-refractivity contribution in [2.75, 3.05) is 11.9 Å². The molecule has 0 saturated carbocycles. The molecule has 0 aliphatic carbocycles. The second-order valence-corrected chi connectivity index (χ2v) is 5.72. The average molecular weight is 343 g/mol. The lowest BCUT2D eigenvalue weighted by Gasteiger charge is -2.19. The van der Waals surface area contributed by atoms with Gasteiger partial charge < -0.3 is 10.4 Å². The van der Waals surface area contributed by atoms with E-state index in [9.17, 15) is 5.11 Å². The average Bonchev–Trinajstić information content (AvgIpc) is 2.54. The molecule has 3 rings (SSSR count). The molecular weight excluding hydrogens is 328 g/mol. The van der Waals surface area contributed by atoms with Crippen molar-refractivity contribution < 1.29 is 5.11 Å². The van der Waals surface area contributed by atoms with Gasteiger partial charge in [0.2, 0.25) is 0 Å². The molecular formula is C17H15BrN2O. The summed E-state index contributed by atoms with van der Waals surface area (Å²) in [5.74, 6) is 0. The van der Waals surface area contributed by atoms with Gasteiger partial charge in [0.1, 0.15) is 0 Å². The van der Waals surface area contributed by atoms with E-state index in [0.717, 1.165) is 26.6 Å². The Morgan fingerprint density at radius 3 is 2.57 bits per heavy atom. The molecule has 0 amide bonds. The Balaban J connectivity index is 1.96. The van der Waals surface area contributed by atoms with Gasteiger partial charge in [0.05, 0.1) is 18.2 Å². The van der Waals surface area contributed by atoms with Crippen LogP contribution in [-0.4, -0.2) is 16.7 Å². The molecule has 1 heterocycles. The molecule has 0 fully saturated rings. The fourth-order valence-corrected chi connectivity index (χ4v) is 2.64. The van der Waals surface area contributed by atoms with E-state index in [0.29, 0.717) is 0 Å². The Labute approximate surface area is 131 Å². The number of fused-ring (bicyclic) bond motifs is 1. The lowest BCUT2D eigenvalue weighted by atomic mass is 10.0. The number of pyridine rings is 1. The highest BCUT2D eigenvalue weighted by atomic mass is 79.9. The molecule has 0 saturated heterocycles. The number of para-hydroxylation sites is 1. The van der Waals surface area contributed by atoms with E-state index in [2.05, 4.69) is 26.2 Å². The van der Waals surface area contributed by atoms with Crippen LogP contribution in [0.5, 0.6) is 0 Å². The number of hydrogen-bond donors (Lipinski definition) is 2. The third-order valence-electron chi connectivity index (χ3n) is 3.41. The Bertz CT molecular complexity index is 738. The first-order chi connectivity index (χ1) is 10.3. The lowest BCUT2D eigenvalue weighted by molar-refractivity contribution is 0.277. The van der Waals surface area contributed by atoms with Gasteiger partial charge in [0.25, 0.3) is 0 Å². The van der Waals surface area contributed by atoms with Crippen molar-refractivity contribution in [2.45, 2.75) is 6.04 Å². The molecule has 2 N–H and O–H groups in total. The van der Waals surface area contributed by atoms with Gasteiger partial charge in [0, 0.05) is 27.3 Å². The number of aromatic nitrogens is 1. The number of hydrogen-bond acceptors (Lipinski definition) is 3. The number of nitrogens with one attached hydrogen (secondary N) is 1. The number of aliphatic hydroxyl groups is 1. The van der Waals surface area contributed by atoms with Crippen LogP contribution >= 0.6 is 15.9 Å². The number of halogens is 1. The molecule has 0 spiro atoms. The van der Waals surface area contributed by atoms with E-state index in [-0.39, 0.29) is 12.6 Å². The largest absolute Gasteiger partial charge is 0.394 e. The number of benzene rings is 2.